The van der Waals surface area contributed by atoms with Crippen LogP contribution in [0.3, 0.4) is 0 Å². The number of carboxylic acid groups (broad SMARTS) is 2. The lowest BCUT2D eigenvalue weighted by molar-refractivity contribution is -0.306. The van der Waals surface area contributed by atoms with E-state index in [1.165, 1.54) is 0 Å². The first-order chi connectivity index (χ1) is 5.86. The zero-order chi connectivity index (χ0) is 10.6. The summed E-state index contributed by atoms with van der Waals surface area (Å²) in [5.41, 5.74) is 0. The Kier molecular flexibility index (Phi) is 4.72. The van der Waals surface area contributed by atoms with Crippen LogP contribution in [-0.4, -0.2) is 28.5 Å². The molecule has 0 spiro atoms. The predicted molar refractivity (Wildman–Crippen MR) is 38.9 cm³/mol. The molecule has 0 rings (SSSR count). The molecular formula is C6H4Cl2O5-2. The topological polar surface area (TPSA) is 97.3 Å². The molecule has 0 fully saturated rings. The van der Waals surface area contributed by atoms with Gasteiger partial charge in [-0.3, -0.25) is 4.79 Å². The minimum atomic E-state index is -1.87. The van der Waals surface area contributed by atoms with E-state index in [1.807, 2.05) is 0 Å². The van der Waals surface area contributed by atoms with Crippen molar-refractivity contribution in [3.63, 3.8) is 0 Å². The molecule has 13 heavy (non-hydrogen) atoms. The van der Waals surface area contributed by atoms with E-state index >= 15 is 0 Å². The van der Waals surface area contributed by atoms with E-state index in [1.54, 1.807) is 0 Å². The van der Waals surface area contributed by atoms with Gasteiger partial charge in [0.2, 0.25) is 0 Å². The number of ketones is 1. The molecule has 0 heterocycles. The van der Waals surface area contributed by atoms with Crippen molar-refractivity contribution in [2.24, 2.45) is 0 Å². The molecule has 0 saturated carbocycles. The van der Waals surface area contributed by atoms with Gasteiger partial charge in [-0.25, -0.2) is 0 Å². The molecule has 0 aliphatic rings. The molecule has 0 radical (unpaired) electrons. The monoisotopic (exact) mass is 226 g/mol. The third kappa shape index (κ3) is 4.10. The summed E-state index contributed by atoms with van der Waals surface area (Å²) in [6, 6.07) is 0. The molecule has 0 saturated heterocycles. The Labute approximate surface area is 83.2 Å². The number of halogens is 2. The van der Waals surface area contributed by atoms with Crippen LogP contribution in [0.15, 0.2) is 0 Å². The Morgan fingerprint density at radius 1 is 1.08 bits per heavy atom. The number of carbonyl (C=O) groups is 3. The molecule has 0 amide bonds. The molecular weight excluding hydrogens is 223 g/mol. The van der Waals surface area contributed by atoms with E-state index in [0.29, 0.717) is 0 Å². The van der Waals surface area contributed by atoms with E-state index in [0.717, 1.165) is 0 Å². The molecule has 0 aromatic heterocycles. The van der Waals surface area contributed by atoms with Crippen LogP contribution in [-0.2, 0) is 14.4 Å². The van der Waals surface area contributed by atoms with Gasteiger partial charge in [0.15, 0.2) is 5.78 Å². The lowest BCUT2D eigenvalue weighted by atomic mass is 10.1. The van der Waals surface area contributed by atoms with Crippen molar-refractivity contribution < 1.29 is 24.6 Å². The van der Waals surface area contributed by atoms with Crippen LogP contribution < -0.4 is 10.2 Å². The van der Waals surface area contributed by atoms with Gasteiger partial charge in [-0.15, -0.1) is 23.2 Å². The van der Waals surface area contributed by atoms with E-state index in [9.17, 15) is 24.6 Å². The van der Waals surface area contributed by atoms with Crippen LogP contribution >= 0.6 is 23.2 Å². The largest absolute Gasteiger partial charge is 0.549 e. The first-order valence-electron chi connectivity index (χ1n) is 3.08. The number of hydrogen-bond acceptors (Lipinski definition) is 5. The second kappa shape index (κ2) is 5.04. The Morgan fingerprint density at radius 2 is 1.54 bits per heavy atom. The van der Waals surface area contributed by atoms with E-state index < -0.39 is 34.9 Å². The van der Waals surface area contributed by atoms with Crippen molar-refractivity contribution in [3.8, 4) is 0 Å². The standard InChI is InChI=1S/C6H6Cl2O5/c7-2(5(10)11)1-3(9)4(8)6(12)13/h2,4H,1H2,(H,10,11)(H,12,13)/p-2. The summed E-state index contributed by atoms with van der Waals surface area (Å²) in [6.45, 7) is 0. The van der Waals surface area contributed by atoms with E-state index in [-0.39, 0.29) is 0 Å². The molecule has 5 nitrogen and oxygen atoms in total. The van der Waals surface area contributed by atoms with Gasteiger partial charge >= 0.3 is 0 Å². The summed E-state index contributed by atoms with van der Waals surface area (Å²) in [6.07, 6.45) is -0.702. The first kappa shape index (κ1) is 12.2. The average molecular weight is 227 g/mol. The highest BCUT2D eigenvalue weighted by Crippen LogP contribution is 2.07. The fourth-order valence-corrected chi connectivity index (χ4v) is 0.736. The van der Waals surface area contributed by atoms with Crippen molar-refractivity contribution in [1.29, 1.82) is 0 Å². The lowest BCUT2D eigenvalue weighted by Gasteiger charge is -2.12. The fraction of sp³-hybridized carbons (Fsp3) is 0.500. The molecule has 0 aromatic rings. The summed E-state index contributed by atoms with van der Waals surface area (Å²) in [5, 5.41) is 16.6. The molecule has 0 aliphatic heterocycles. The molecule has 0 aliphatic carbocycles. The van der Waals surface area contributed by atoms with Crippen molar-refractivity contribution in [1.82, 2.24) is 0 Å². The molecule has 0 aromatic carbocycles. The predicted octanol–water partition coefficient (Wildman–Crippen LogP) is -2.34. The quantitative estimate of drug-likeness (QED) is 0.387. The highest BCUT2D eigenvalue weighted by molar-refractivity contribution is 6.41. The summed E-state index contributed by atoms with van der Waals surface area (Å²) in [4.78, 5) is 30.8. The minimum absolute atomic E-state index is 0.702. The van der Waals surface area contributed by atoms with Crippen molar-refractivity contribution in [3.05, 3.63) is 0 Å². The van der Waals surface area contributed by atoms with Gasteiger partial charge in [0.25, 0.3) is 0 Å². The smallest absolute Gasteiger partial charge is 0.158 e. The molecule has 74 valence electrons. The van der Waals surface area contributed by atoms with Crippen LogP contribution in [0.1, 0.15) is 6.42 Å². The lowest BCUT2D eigenvalue weighted by Crippen LogP contribution is -2.40. The molecule has 2 unspecified atom stereocenters. The van der Waals surface area contributed by atoms with Crippen molar-refractivity contribution >= 4 is 40.9 Å². The van der Waals surface area contributed by atoms with E-state index in [4.69, 9.17) is 23.2 Å². The number of rotatable bonds is 5. The van der Waals surface area contributed by atoms with Gasteiger partial charge in [-0.2, -0.15) is 0 Å². The Morgan fingerprint density at radius 3 is 1.85 bits per heavy atom. The first-order valence-corrected chi connectivity index (χ1v) is 3.96. The second-order valence-corrected chi connectivity index (χ2v) is 3.10. The molecule has 0 bridgehead atoms. The van der Waals surface area contributed by atoms with Crippen LogP contribution in [0, 0.1) is 0 Å². The molecule has 2 atom stereocenters. The van der Waals surface area contributed by atoms with Gasteiger partial charge in [0.1, 0.15) is 5.38 Å². The van der Waals surface area contributed by atoms with Gasteiger partial charge in [0.05, 0.1) is 17.3 Å². The fourth-order valence-electron chi connectivity index (χ4n) is 0.495. The van der Waals surface area contributed by atoms with Gasteiger partial charge < -0.3 is 19.8 Å². The van der Waals surface area contributed by atoms with E-state index in [2.05, 4.69) is 0 Å². The zero-order valence-electron chi connectivity index (χ0n) is 6.16. The molecule has 7 heteroatoms. The van der Waals surface area contributed by atoms with Crippen molar-refractivity contribution in [2.45, 2.75) is 17.2 Å². The number of carbonyl (C=O) groups excluding carboxylic acids is 3. The highest BCUT2D eigenvalue weighted by Gasteiger charge is 2.20. The summed E-state index contributed by atoms with van der Waals surface area (Å²) >= 11 is 10.1. The third-order valence-corrected chi connectivity index (χ3v) is 1.88. The van der Waals surface area contributed by atoms with Crippen LogP contribution in [0.4, 0.5) is 0 Å². The third-order valence-electron chi connectivity index (χ3n) is 1.13. The average Bonchev–Trinajstić information content (AvgIpc) is 2.02. The minimum Gasteiger partial charge on any atom is -0.549 e. The van der Waals surface area contributed by atoms with Crippen LogP contribution in [0.5, 0.6) is 0 Å². The van der Waals surface area contributed by atoms with Gasteiger partial charge in [-0.1, -0.05) is 0 Å². The summed E-state index contributed by atoms with van der Waals surface area (Å²) in [5.74, 6) is -4.46. The maximum absolute atomic E-state index is 10.8. The zero-order valence-corrected chi connectivity index (χ0v) is 7.67. The second-order valence-electron chi connectivity index (χ2n) is 2.14. The Hall–Kier alpha value is -0.810. The maximum atomic E-state index is 10.8. The van der Waals surface area contributed by atoms with Crippen LogP contribution in [0.2, 0.25) is 0 Å². The Balaban J connectivity index is 4.15. The number of carboxylic acids is 2. The number of aliphatic carboxylic acids is 2. The van der Waals surface area contributed by atoms with Crippen LogP contribution in [0.25, 0.3) is 0 Å². The van der Waals surface area contributed by atoms with Crippen molar-refractivity contribution in [2.75, 3.05) is 0 Å². The number of Topliss-reactive ketones (excluding diaryl/α,β-unsaturated/α-hetero) is 1. The highest BCUT2D eigenvalue weighted by atomic mass is 35.5. The normalized spacial score (nSPS) is 14.6. The number of hydrogen-bond donors (Lipinski definition) is 0. The van der Waals surface area contributed by atoms with Gasteiger partial charge in [-0.05, 0) is 0 Å². The maximum Gasteiger partial charge on any atom is 0.158 e. The van der Waals surface area contributed by atoms with Gasteiger partial charge in [0, 0.05) is 6.42 Å². The summed E-state index contributed by atoms with van der Waals surface area (Å²) in [7, 11) is 0. The molecule has 0 N–H and O–H groups in total. The summed E-state index contributed by atoms with van der Waals surface area (Å²) < 4.78 is 0. The SMILES string of the molecule is O=C([O-])C(Cl)CC(=O)C(Cl)C(=O)[O-]. The Bertz CT molecular complexity index is 239. The number of alkyl halides is 2.